The molecule has 1 amide bonds. The van der Waals surface area contributed by atoms with E-state index in [9.17, 15) is 4.79 Å². The van der Waals surface area contributed by atoms with Gasteiger partial charge in [0.2, 0.25) is 5.91 Å². The second kappa shape index (κ2) is 8.82. The van der Waals surface area contributed by atoms with Crippen LogP contribution in [0.25, 0.3) is 10.9 Å². The number of halogens is 1. The number of carbonyl (C=O) groups is 1. The average Bonchev–Trinajstić information content (AvgIpc) is 3.06. The van der Waals surface area contributed by atoms with Gasteiger partial charge in [-0.2, -0.15) is 5.10 Å². The summed E-state index contributed by atoms with van der Waals surface area (Å²) in [5, 5.41) is 5.44. The number of para-hydroxylation sites is 1. The molecule has 2 aromatic carbocycles. The molecule has 5 nitrogen and oxygen atoms in total. The van der Waals surface area contributed by atoms with Crippen molar-refractivity contribution < 1.29 is 9.53 Å². The summed E-state index contributed by atoms with van der Waals surface area (Å²) in [7, 11) is 1.61. The zero-order valence-electron chi connectivity index (χ0n) is 16.5. The predicted molar refractivity (Wildman–Crippen MR) is 120 cm³/mol. The molecule has 0 saturated carbocycles. The molecule has 29 heavy (non-hydrogen) atoms. The highest BCUT2D eigenvalue weighted by Crippen LogP contribution is 2.32. The van der Waals surface area contributed by atoms with Gasteiger partial charge in [0.25, 0.3) is 0 Å². The molecular formula is C23H24BrN3O2. The van der Waals surface area contributed by atoms with Crippen LogP contribution in [0.5, 0.6) is 5.75 Å². The quantitative estimate of drug-likeness (QED) is 0.429. The summed E-state index contributed by atoms with van der Waals surface area (Å²) < 4.78 is 8.57. The van der Waals surface area contributed by atoms with Crippen LogP contribution in [0, 0.1) is 0 Å². The number of rotatable bonds is 6. The number of methoxy groups -OCH3 is 1. The molecule has 0 unspecified atom stereocenters. The molecule has 1 aliphatic carbocycles. The Morgan fingerprint density at radius 3 is 2.93 bits per heavy atom. The van der Waals surface area contributed by atoms with Gasteiger partial charge in [0.1, 0.15) is 5.75 Å². The van der Waals surface area contributed by atoms with Crippen molar-refractivity contribution in [3.63, 3.8) is 0 Å². The summed E-state index contributed by atoms with van der Waals surface area (Å²) in [4.78, 5) is 12.4. The number of benzene rings is 2. The predicted octanol–water partition coefficient (Wildman–Crippen LogP) is 4.83. The maximum Gasteiger partial charge on any atom is 0.241 e. The molecule has 150 valence electrons. The minimum absolute atomic E-state index is 0.0995. The Morgan fingerprint density at radius 1 is 1.24 bits per heavy atom. The Labute approximate surface area is 178 Å². The zero-order valence-corrected chi connectivity index (χ0v) is 18.0. The molecule has 0 atom stereocenters. The van der Waals surface area contributed by atoms with Gasteiger partial charge in [-0.05, 0) is 55.5 Å². The molecule has 1 N–H and O–H groups in total. The van der Waals surface area contributed by atoms with Crippen LogP contribution in [-0.2, 0) is 24.2 Å². The molecule has 0 bridgehead atoms. The molecule has 4 rings (SSSR count). The SMILES string of the molecule is COc1ccc(Br)cc1/C=N\NC(=O)CCn1c2c(c3ccccc31)CCCC2. The first kappa shape index (κ1) is 19.7. The minimum atomic E-state index is -0.0995. The van der Waals surface area contributed by atoms with Crippen molar-refractivity contribution in [1.82, 2.24) is 9.99 Å². The van der Waals surface area contributed by atoms with E-state index in [2.05, 4.69) is 55.3 Å². The lowest BCUT2D eigenvalue weighted by Gasteiger charge is -2.15. The Morgan fingerprint density at radius 2 is 2.07 bits per heavy atom. The monoisotopic (exact) mass is 453 g/mol. The van der Waals surface area contributed by atoms with Crippen molar-refractivity contribution in [2.45, 2.75) is 38.6 Å². The van der Waals surface area contributed by atoms with Crippen LogP contribution in [0.15, 0.2) is 52.0 Å². The number of hydrazone groups is 1. The number of nitrogens with one attached hydrogen (secondary N) is 1. The van der Waals surface area contributed by atoms with Crippen molar-refractivity contribution in [3.05, 3.63) is 63.8 Å². The number of hydrogen-bond donors (Lipinski definition) is 1. The Balaban J connectivity index is 1.44. The lowest BCUT2D eigenvalue weighted by atomic mass is 9.95. The number of aryl methyl sites for hydroxylation is 2. The third-order valence-corrected chi connectivity index (χ3v) is 5.92. The van der Waals surface area contributed by atoms with E-state index in [-0.39, 0.29) is 5.91 Å². The highest BCUT2D eigenvalue weighted by Gasteiger charge is 2.19. The first-order valence-electron chi connectivity index (χ1n) is 9.92. The minimum Gasteiger partial charge on any atom is -0.496 e. The molecule has 0 fully saturated rings. The van der Waals surface area contributed by atoms with Crippen molar-refractivity contribution in [3.8, 4) is 5.75 Å². The van der Waals surface area contributed by atoms with Crippen molar-refractivity contribution >= 4 is 39.0 Å². The molecule has 1 aliphatic rings. The first-order chi connectivity index (χ1) is 14.2. The van der Waals surface area contributed by atoms with Crippen LogP contribution < -0.4 is 10.2 Å². The normalized spacial score (nSPS) is 13.6. The molecule has 1 heterocycles. The highest BCUT2D eigenvalue weighted by molar-refractivity contribution is 9.10. The topological polar surface area (TPSA) is 55.6 Å². The first-order valence-corrected chi connectivity index (χ1v) is 10.7. The standard InChI is InChI=1S/C23H24BrN3O2/c1-29-22-11-10-17(24)14-16(22)15-25-26-23(28)12-13-27-20-8-4-2-6-18(20)19-7-3-5-9-21(19)27/h2,4,6,8,10-11,14-15H,3,5,7,9,12-13H2,1H3,(H,26,28)/b25-15-. The van der Waals surface area contributed by atoms with Crippen molar-refractivity contribution in [2.24, 2.45) is 5.10 Å². The Kier molecular flexibility index (Phi) is 6.00. The van der Waals surface area contributed by atoms with Gasteiger partial charge in [0.15, 0.2) is 0 Å². The van der Waals surface area contributed by atoms with E-state index in [1.807, 2.05) is 18.2 Å². The van der Waals surface area contributed by atoms with Crippen LogP contribution in [-0.4, -0.2) is 23.8 Å². The number of carbonyl (C=O) groups excluding carboxylic acids is 1. The summed E-state index contributed by atoms with van der Waals surface area (Å²) in [5.41, 5.74) is 7.53. The fourth-order valence-corrected chi connectivity index (χ4v) is 4.47. The van der Waals surface area contributed by atoms with E-state index < -0.39 is 0 Å². The molecular weight excluding hydrogens is 430 g/mol. The van der Waals surface area contributed by atoms with Crippen LogP contribution >= 0.6 is 15.9 Å². The number of ether oxygens (including phenoxy) is 1. The molecule has 0 saturated heterocycles. The van der Waals surface area contributed by atoms with Gasteiger partial charge in [-0.25, -0.2) is 5.43 Å². The summed E-state index contributed by atoms with van der Waals surface area (Å²) >= 11 is 3.44. The molecule has 0 spiro atoms. The van der Waals surface area contributed by atoms with E-state index in [4.69, 9.17) is 4.74 Å². The second-order valence-corrected chi connectivity index (χ2v) is 8.15. The van der Waals surface area contributed by atoms with Crippen LogP contribution in [0.1, 0.15) is 36.1 Å². The van der Waals surface area contributed by atoms with Gasteiger partial charge in [-0.3, -0.25) is 4.79 Å². The molecule has 1 aromatic heterocycles. The zero-order chi connectivity index (χ0) is 20.2. The molecule has 0 aliphatic heterocycles. The number of amides is 1. The average molecular weight is 454 g/mol. The highest BCUT2D eigenvalue weighted by atomic mass is 79.9. The van der Waals surface area contributed by atoms with E-state index in [1.54, 1.807) is 13.3 Å². The van der Waals surface area contributed by atoms with Gasteiger partial charge in [0, 0.05) is 39.6 Å². The van der Waals surface area contributed by atoms with Crippen LogP contribution in [0.2, 0.25) is 0 Å². The molecule has 0 radical (unpaired) electrons. The summed E-state index contributed by atoms with van der Waals surface area (Å²) in [6, 6.07) is 14.2. The maximum atomic E-state index is 12.4. The smallest absolute Gasteiger partial charge is 0.241 e. The third kappa shape index (κ3) is 4.22. The number of hydrogen-bond acceptors (Lipinski definition) is 3. The number of aromatic nitrogens is 1. The van der Waals surface area contributed by atoms with E-state index in [1.165, 1.54) is 35.0 Å². The van der Waals surface area contributed by atoms with Gasteiger partial charge in [0.05, 0.1) is 13.3 Å². The fraction of sp³-hybridized carbons (Fsp3) is 0.304. The lowest BCUT2D eigenvalue weighted by Crippen LogP contribution is -2.20. The van der Waals surface area contributed by atoms with E-state index in [0.717, 1.165) is 22.9 Å². The van der Waals surface area contributed by atoms with Crippen LogP contribution in [0.3, 0.4) is 0 Å². The van der Waals surface area contributed by atoms with Crippen molar-refractivity contribution in [2.75, 3.05) is 7.11 Å². The van der Waals surface area contributed by atoms with Gasteiger partial charge < -0.3 is 9.30 Å². The van der Waals surface area contributed by atoms with E-state index in [0.29, 0.717) is 18.7 Å². The summed E-state index contributed by atoms with van der Waals surface area (Å²) in [6.07, 6.45) is 6.68. The van der Waals surface area contributed by atoms with E-state index >= 15 is 0 Å². The molecule has 6 heteroatoms. The van der Waals surface area contributed by atoms with Gasteiger partial charge in [-0.1, -0.05) is 34.1 Å². The van der Waals surface area contributed by atoms with Crippen molar-refractivity contribution in [1.29, 1.82) is 0 Å². The summed E-state index contributed by atoms with van der Waals surface area (Å²) in [5.74, 6) is 0.606. The fourth-order valence-electron chi connectivity index (χ4n) is 4.09. The van der Waals surface area contributed by atoms with Gasteiger partial charge in [-0.15, -0.1) is 0 Å². The molecule has 3 aromatic rings. The second-order valence-electron chi connectivity index (χ2n) is 7.23. The third-order valence-electron chi connectivity index (χ3n) is 5.43. The largest absolute Gasteiger partial charge is 0.496 e. The van der Waals surface area contributed by atoms with Gasteiger partial charge >= 0.3 is 0 Å². The lowest BCUT2D eigenvalue weighted by molar-refractivity contribution is -0.121. The summed E-state index contributed by atoms with van der Waals surface area (Å²) in [6.45, 7) is 0.664. The number of fused-ring (bicyclic) bond motifs is 3. The Hall–Kier alpha value is -2.60. The van der Waals surface area contributed by atoms with Crippen LogP contribution in [0.4, 0.5) is 0 Å². The maximum absolute atomic E-state index is 12.4. The number of nitrogens with zero attached hydrogens (tertiary/aromatic N) is 2. The Bertz CT molecular complexity index is 1070.